The van der Waals surface area contributed by atoms with Crippen molar-refractivity contribution in [2.45, 2.75) is 19.3 Å². The van der Waals surface area contributed by atoms with E-state index >= 15 is 0 Å². The Morgan fingerprint density at radius 3 is 2.71 bits per heavy atom. The molecule has 86 valence electrons. The third-order valence-electron chi connectivity index (χ3n) is 2.53. The Kier molecular flexibility index (Phi) is 2.95. The van der Waals surface area contributed by atoms with Gasteiger partial charge in [-0.15, -0.1) is 11.3 Å². The highest BCUT2D eigenvalue weighted by Gasteiger charge is 2.23. The highest BCUT2D eigenvalue weighted by Crippen LogP contribution is 2.30. The molecule has 2 rings (SSSR count). The van der Waals surface area contributed by atoms with Crippen LogP contribution < -0.4 is 0 Å². The summed E-state index contributed by atoms with van der Waals surface area (Å²) >= 11 is 1.36. The van der Waals surface area contributed by atoms with Gasteiger partial charge >= 0.3 is 0 Å². The minimum atomic E-state index is -0.639. The molecule has 0 aliphatic carbocycles. The van der Waals surface area contributed by atoms with Gasteiger partial charge in [-0.3, -0.25) is 0 Å². The van der Waals surface area contributed by atoms with E-state index in [1.165, 1.54) is 17.4 Å². The SMILES string of the molecule is CC(C)(C#N)c1csc(-c2ccccc2F)n1. The normalized spacial score (nSPS) is 11.2. The predicted molar refractivity (Wildman–Crippen MR) is 66.1 cm³/mol. The van der Waals surface area contributed by atoms with E-state index in [4.69, 9.17) is 5.26 Å². The summed E-state index contributed by atoms with van der Waals surface area (Å²) in [5.74, 6) is -0.289. The highest BCUT2D eigenvalue weighted by atomic mass is 32.1. The lowest BCUT2D eigenvalue weighted by Gasteiger charge is -2.10. The molecule has 2 nitrogen and oxygen atoms in total. The molecule has 4 heteroatoms. The van der Waals surface area contributed by atoms with Crippen LogP contribution in [0.3, 0.4) is 0 Å². The third kappa shape index (κ3) is 2.20. The van der Waals surface area contributed by atoms with Gasteiger partial charge in [0.1, 0.15) is 10.8 Å². The topological polar surface area (TPSA) is 36.7 Å². The summed E-state index contributed by atoms with van der Waals surface area (Å²) in [6.07, 6.45) is 0. The Morgan fingerprint density at radius 1 is 1.35 bits per heavy atom. The molecule has 1 heterocycles. The van der Waals surface area contributed by atoms with Gasteiger partial charge in [0.05, 0.1) is 17.2 Å². The Balaban J connectivity index is 2.45. The minimum absolute atomic E-state index is 0.289. The van der Waals surface area contributed by atoms with Crippen molar-refractivity contribution >= 4 is 11.3 Å². The van der Waals surface area contributed by atoms with E-state index in [0.717, 1.165) is 0 Å². The average Bonchev–Trinajstić information content (AvgIpc) is 2.79. The van der Waals surface area contributed by atoms with Crippen LogP contribution in [0.1, 0.15) is 19.5 Å². The van der Waals surface area contributed by atoms with E-state index in [1.54, 1.807) is 32.0 Å². The quantitative estimate of drug-likeness (QED) is 0.809. The summed E-state index contributed by atoms with van der Waals surface area (Å²) < 4.78 is 13.6. The molecule has 0 saturated carbocycles. The third-order valence-corrected chi connectivity index (χ3v) is 3.40. The molecule has 0 aliphatic heterocycles. The molecular weight excluding hydrogens is 235 g/mol. The van der Waals surface area contributed by atoms with Gasteiger partial charge in [0.2, 0.25) is 0 Å². The van der Waals surface area contributed by atoms with Crippen LogP contribution >= 0.6 is 11.3 Å². The second-order valence-corrected chi connectivity index (χ2v) is 5.11. The van der Waals surface area contributed by atoms with E-state index in [1.807, 2.05) is 5.38 Å². The van der Waals surface area contributed by atoms with Gasteiger partial charge in [-0.05, 0) is 26.0 Å². The minimum Gasteiger partial charge on any atom is -0.239 e. The van der Waals surface area contributed by atoms with Gasteiger partial charge in [0.25, 0.3) is 0 Å². The van der Waals surface area contributed by atoms with Crippen molar-refractivity contribution in [2.24, 2.45) is 0 Å². The summed E-state index contributed by atoms with van der Waals surface area (Å²) in [6.45, 7) is 3.60. The van der Waals surface area contributed by atoms with Gasteiger partial charge in [0, 0.05) is 10.9 Å². The van der Waals surface area contributed by atoms with Crippen LogP contribution in [0.25, 0.3) is 10.6 Å². The molecule has 0 atom stereocenters. The summed E-state index contributed by atoms with van der Waals surface area (Å²) in [4.78, 5) is 4.34. The first kappa shape index (κ1) is 11.7. The molecule has 0 bridgehead atoms. The summed E-state index contributed by atoms with van der Waals surface area (Å²) in [7, 11) is 0. The van der Waals surface area contributed by atoms with Crippen molar-refractivity contribution in [1.29, 1.82) is 5.26 Å². The number of benzene rings is 1. The fraction of sp³-hybridized carbons (Fsp3) is 0.231. The molecule has 0 spiro atoms. The number of hydrogen-bond acceptors (Lipinski definition) is 3. The first-order valence-corrected chi connectivity index (χ1v) is 6.05. The van der Waals surface area contributed by atoms with Crippen LogP contribution in [-0.2, 0) is 5.41 Å². The zero-order chi connectivity index (χ0) is 12.5. The smallest absolute Gasteiger partial charge is 0.133 e. The molecule has 2 aromatic rings. The molecular formula is C13H11FN2S. The molecule has 1 aromatic carbocycles. The van der Waals surface area contributed by atoms with Crippen LogP contribution in [0.15, 0.2) is 29.6 Å². The molecule has 0 saturated heterocycles. The van der Waals surface area contributed by atoms with E-state index in [-0.39, 0.29) is 5.82 Å². The maximum absolute atomic E-state index is 13.6. The van der Waals surface area contributed by atoms with Crippen LogP contribution in [0, 0.1) is 17.1 Å². The largest absolute Gasteiger partial charge is 0.239 e. The predicted octanol–water partition coefficient (Wildman–Crippen LogP) is 3.75. The summed E-state index contributed by atoms with van der Waals surface area (Å²) in [6, 6.07) is 8.71. The number of halogens is 1. The molecule has 0 fully saturated rings. The highest BCUT2D eigenvalue weighted by molar-refractivity contribution is 7.13. The second-order valence-electron chi connectivity index (χ2n) is 4.25. The van der Waals surface area contributed by atoms with Gasteiger partial charge < -0.3 is 0 Å². The lowest BCUT2D eigenvalue weighted by molar-refractivity contribution is 0.630. The van der Waals surface area contributed by atoms with E-state index < -0.39 is 5.41 Å². The number of hydrogen-bond donors (Lipinski definition) is 0. The Morgan fingerprint density at radius 2 is 2.06 bits per heavy atom. The van der Waals surface area contributed by atoms with Crippen LogP contribution in [0.5, 0.6) is 0 Å². The summed E-state index contributed by atoms with van der Waals surface area (Å²) in [5.41, 5.74) is 0.528. The molecule has 0 aliphatic rings. The van der Waals surface area contributed by atoms with Crippen molar-refractivity contribution in [2.75, 3.05) is 0 Å². The first-order valence-electron chi connectivity index (χ1n) is 5.17. The lowest BCUT2D eigenvalue weighted by Crippen LogP contribution is -2.14. The second kappa shape index (κ2) is 4.27. The average molecular weight is 246 g/mol. The van der Waals surface area contributed by atoms with Crippen molar-refractivity contribution in [1.82, 2.24) is 4.98 Å². The van der Waals surface area contributed by atoms with E-state index in [2.05, 4.69) is 11.1 Å². The van der Waals surface area contributed by atoms with E-state index in [9.17, 15) is 4.39 Å². The number of nitrogens with zero attached hydrogens (tertiary/aromatic N) is 2. The molecule has 0 radical (unpaired) electrons. The number of aromatic nitrogens is 1. The zero-order valence-corrected chi connectivity index (χ0v) is 10.4. The van der Waals surface area contributed by atoms with Crippen LogP contribution in [0.4, 0.5) is 4.39 Å². The number of nitriles is 1. The lowest BCUT2D eigenvalue weighted by atomic mass is 9.92. The Hall–Kier alpha value is -1.73. The molecule has 17 heavy (non-hydrogen) atoms. The van der Waals surface area contributed by atoms with E-state index in [0.29, 0.717) is 16.3 Å². The van der Waals surface area contributed by atoms with Crippen molar-refractivity contribution in [3.63, 3.8) is 0 Å². The standard InChI is InChI=1S/C13H11FN2S/c1-13(2,8-15)11-7-17-12(16-11)9-5-3-4-6-10(9)14/h3-7H,1-2H3. The maximum atomic E-state index is 13.6. The molecule has 0 unspecified atom stereocenters. The summed E-state index contributed by atoms with van der Waals surface area (Å²) in [5, 5.41) is 11.4. The Bertz CT molecular complexity index is 581. The molecule has 0 amide bonds. The van der Waals surface area contributed by atoms with Crippen molar-refractivity contribution < 1.29 is 4.39 Å². The Labute approximate surface area is 103 Å². The molecule has 1 aromatic heterocycles. The van der Waals surface area contributed by atoms with Gasteiger partial charge in [-0.25, -0.2) is 9.37 Å². The maximum Gasteiger partial charge on any atom is 0.133 e. The van der Waals surface area contributed by atoms with Crippen molar-refractivity contribution in [3.8, 4) is 16.6 Å². The van der Waals surface area contributed by atoms with Gasteiger partial charge in [-0.1, -0.05) is 12.1 Å². The number of thiazole rings is 1. The van der Waals surface area contributed by atoms with Crippen LogP contribution in [0.2, 0.25) is 0 Å². The first-order chi connectivity index (χ1) is 8.04. The zero-order valence-electron chi connectivity index (χ0n) is 9.57. The van der Waals surface area contributed by atoms with Gasteiger partial charge in [-0.2, -0.15) is 5.26 Å². The van der Waals surface area contributed by atoms with Gasteiger partial charge in [0.15, 0.2) is 0 Å². The fourth-order valence-electron chi connectivity index (χ4n) is 1.38. The molecule has 0 N–H and O–H groups in total. The van der Waals surface area contributed by atoms with Crippen LogP contribution in [-0.4, -0.2) is 4.98 Å². The van der Waals surface area contributed by atoms with Crippen molar-refractivity contribution in [3.05, 3.63) is 41.2 Å². The monoisotopic (exact) mass is 246 g/mol. The fourth-order valence-corrected chi connectivity index (χ4v) is 2.39. The number of rotatable bonds is 2.